The second kappa shape index (κ2) is 11.5. The summed E-state index contributed by atoms with van der Waals surface area (Å²) in [5, 5.41) is 4.05. The van der Waals surface area contributed by atoms with Crippen LogP contribution in [0.2, 0.25) is 0 Å². The molecule has 1 aliphatic rings. The Morgan fingerprint density at radius 3 is 2.70 bits per heavy atom. The summed E-state index contributed by atoms with van der Waals surface area (Å²) >= 11 is 1.34. The third kappa shape index (κ3) is 5.82. The fourth-order valence-corrected chi connectivity index (χ4v) is 5.24. The van der Waals surface area contributed by atoms with Gasteiger partial charge in [0.15, 0.2) is 11.5 Å². The van der Waals surface area contributed by atoms with Crippen molar-refractivity contribution >= 4 is 39.7 Å². The first-order valence-electron chi connectivity index (χ1n) is 12.1. The van der Waals surface area contributed by atoms with Crippen LogP contribution in [0, 0.1) is 0 Å². The van der Waals surface area contributed by atoms with Crippen molar-refractivity contribution in [3.05, 3.63) is 59.7 Å². The minimum absolute atomic E-state index is 0.429. The molecule has 10 heteroatoms. The summed E-state index contributed by atoms with van der Waals surface area (Å²) in [6, 6.07) is 15.5. The second-order valence-corrected chi connectivity index (χ2v) is 9.66. The number of primary amides is 1. The van der Waals surface area contributed by atoms with Gasteiger partial charge >= 0.3 is 0 Å². The smallest absolute Gasteiger partial charge is 0.260 e. The van der Waals surface area contributed by atoms with Crippen molar-refractivity contribution in [1.29, 1.82) is 0 Å². The van der Waals surface area contributed by atoms with Crippen LogP contribution in [-0.4, -0.2) is 67.3 Å². The summed E-state index contributed by atoms with van der Waals surface area (Å²) in [4.78, 5) is 24.8. The average molecular weight is 520 g/mol. The highest BCUT2D eigenvalue weighted by molar-refractivity contribution is 7.18. The van der Waals surface area contributed by atoms with E-state index in [1.807, 2.05) is 48.5 Å². The van der Waals surface area contributed by atoms with Crippen LogP contribution in [0.1, 0.15) is 16.1 Å². The highest BCUT2D eigenvalue weighted by atomic mass is 32.1. The van der Waals surface area contributed by atoms with Gasteiger partial charge in [0, 0.05) is 36.0 Å². The zero-order valence-electron chi connectivity index (χ0n) is 20.6. The van der Waals surface area contributed by atoms with E-state index in [-0.39, 0.29) is 0 Å². The van der Waals surface area contributed by atoms with Crippen LogP contribution >= 0.6 is 11.3 Å². The molecule has 0 radical (unpaired) electrons. The zero-order valence-corrected chi connectivity index (χ0v) is 21.4. The maximum atomic E-state index is 12.2. The van der Waals surface area contributed by atoms with E-state index >= 15 is 0 Å². The van der Waals surface area contributed by atoms with E-state index in [2.05, 4.69) is 20.2 Å². The Balaban J connectivity index is 1.39. The second-order valence-electron chi connectivity index (χ2n) is 8.61. The lowest BCUT2D eigenvalue weighted by Crippen LogP contribution is -2.37. The van der Waals surface area contributed by atoms with E-state index in [9.17, 15) is 4.79 Å². The summed E-state index contributed by atoms with van der Waals surface area (Å²) in [5.41, 5.74) is 8.00. The van der Waals surface area contributed by atoms with Crippen molar-refractivity contribution in [2.75, 3.05) is 51.9 Å². The van der Waals surface area contributed by atoms with Crippen molar-refractivity contribution in [1.82, 2.24) is 14.9 Å². The van der Waals surface area contributed by atoms with Crippen LogP contribution < -0.4 is 20.5 Å². The predicted octanol–water partition coefficient (Wildman–Crippen LogP) is 4.31. The summed E-state index contributed by atoms with van der Waals surface area (Å²) < 4.78 is 17.1. The number of nitrogens with two attached hydrogens (primary N) is 1. The van der Waals surface area contributed by atoms with Gasteiger partial charge in [-0.2, -0.15) is 0 Å². The first-order chi connectivity index (χ1) is 18.1. The number of ether oxygens (including phenoxy) is 3. The summed E-state index contributed by atoms with van der Waals surface area (Å²) in [7, 11) is 1.61. The molecule has 192 valence electrons. The molecule has 3 heterocycles. The molecular weight excluding hydrogens is 490 g/mol. The molecule has 0 spiro atoms. The van der Waals surface area contributed by atoms with Crippen LogP contribution in [0.4, 0.5) is 11.5 Å². The molecule has 1 aliphatic heterocycles. The molecule has 2 aromatic heterocycles. The van der Waals surface area contributed by atoms with Crippen LogP contribution in [0.5, 0.6) is 11.5 Å². The number of amides is 1. The Labute approximate surface area is 219 Å². The Morgan fingerprint density at radius 2 is 1.95 bits per heavy atom. The third-order valence-corrected chi connectivity index (χ3v) is 7.37. The molecule has 1 saturated heterocycles. The monoisotopic (exact) mass is 519 g/mol. The topological polar surface area (TPSA) is 112 Å². The third-order valence-electron chi connectivity index (χ3n) is 6.17. The van der Waals surface area contributed by atoms with Gasteiger partial charge < -0.3 is 25.3 Å². The minimum Gasteiger partial charge on any atom is -0.493 e. The first kappa shape index (κ1) is 24.9. The molecule has 0 bridgehead atoms. The molecule has 4 aromatic rings. The number of carbonyl (C=O) groups excluding carboxylic acids is 1. The summed E-state index contributed by atoms with van der Waals surface area (Å²) in [5.74, 6) is 1.26. The molecule has 0 saturated carbocycles. The van der Waals surface area contributed by atoms with Crippen LogP contribution in [-0.2, 0) is 4.74 Å². The maximum absolute atomic E-state index is 12.2. The number of rotatable bonds is 10. The molecule has 1 amide bonds. The number of morpholine rings is 1. The molecule has 0 aliphatic carbocycles. The molecule has 37 heavy (non-hydrogen) atoms. The van der Waals surface area contributed by atoms with Crippen molar-refractivity contribution < 1.29 is 19.0 Å². The maximum Gasteiger partial charge on any atom is 0.260 e. The van der Waals surface area contributed by atoms with Crippen molar-refractivity contribution in [3.63, 3.8) is 0 Å². The first-order valence-corrected chi connectivity index (χ1v) is 13.0. The van der Waals surface area contributed by atoms with Gasteiger partial charge in [0.2, 0.25) is 0 Å². The van der Waals surface area contributed by atoms with Crippen molar-refractivity contribution in [2.24, 2.45) is 5.73 Å². The Morgan fingerprint density at radius 1 is 1.14 bits per heavy atom. The fourth-order valence-electron chi connectivity index (χ4n) is 4.27. The van der Waals surface area contributed by atoms with Gasteiger partial charge in [-0.25, -0.2) is 9.97 Å². The van der Waals surface area contributed by atoms with E-state index in [4.69, 9.17) is 19.9 Å². The number of benzene rings is 2. The fraction of sp³-hybridized carbons (Fsp3) is 0.296. The lowest BCUT2D eigenvalue weighted by atomic mass is 10.1. The lowest BCUT2D eigenvalue weighted by molar-refractivity contribution is 0.0357. The van der Waals surface area contributed by atoms with Crippen molar-refractivity contribution in [3.8, 4) is 21.9 Å². The SMILES string of the molecule is COc1cc2ncnc(Nc3cc(-c4ccccc4)sc3C(N)=O)c2cc1OCCCN1CCOCC1. The number of fused-ring (bicyclic) bond motifs is 1. The molecule has 5 rings (SSSR count). The van der Waals surface area contributed by atoms with Gasteiger partial charge in [-0.05, 0) is 24.1 Å². The number of thiophene rings is 1. The van der Waals surface area contributed by atoms with Crippen LogP contribution in [0.25, 0.3) is 21.3 Å². The van der Waals surface area contributed by atoms with E-state index in [1.165, 1.54) is 17.7 Å². The average Bonchev–Trinajstić information content (AvgIpc) is 3.36. The molecular formula is C27H29N5O4S. The minimum atomic E-state index is -0.501. The van der Waals surface area contributed by atoms with Crippen LogP contribution in [0.3, 0.4) is 0 Å². The molecule has 0 atom stereocenters. The standard InChI is InChI=1S/C27H29N5O4S/c1-34-22-15-20-19(14-23(22)36-11-5-8-32-9-12-35-13-10-32)27(30-17-29-20)31-21-16-24(37-25(21)26(28)33)18-6-3-2-4-7-18/h2-4,6-7,14-17H,5,8-13H2,1H3,(H2,28,33)(H,29,30,31). The van der Waals surface area contributed by atoms with E-state index in [0.717, 1.165) is 55.1 Å². The summed E-state index contributed by atoms with van der Waals surface area (Å²) in [6.07, 6.45) is 2.36. The molecule has 2 aromatic carbocycles. The molecule has 1 fully saturated rings. The highest BCUT2D eigenvalue weighted by Crippen LogP contribution is 2.38. The van der Waals surface area contributed by atoms with Gasteiger partial charge in [-0.3, -0.25) is 9.69 Å². The quantitative estimate of drug-likeness (QED) is 0.298. The Kier molecular flexibility index (Phi) is 7.79. The van der Waals surface area contributed by atoms with Crippen molar-refractivity contribution in [2.45, 2.75) is 6.42 Å². The predicted molar refractivity (Wildman–Crippen MR) is 145 cm³/mol. The zero-order chi connectivity index (χ0) is 25.6. The molecule has 9 nitrogen and oxygen atoms in total. The number of carbonyl (C=O) groups is 1. The largest absolute Gasteiger partial charge is 0.493 e. The number of hydrogen-bond acceptors (Lipinski definition) is 9. The summed E-state index contributed by atoms with van der Waals surface area (Å²) in [6.45, 7) is 4.97. The molecule has 0 unspecified atom stereocenters. The lowest BCUT2D eigenvalue weighted by Gasteiger charge is -2.26. The number of anilines is 2. The Bertz CT molecular complexity index is 1370. The van der Waals surface area contributed by atoms with Crippen LogP contribution in [0.15, 0.2) is 54.9 Å². The number of nitrogens with zero attached hydrogens (tertiary/aromatic N) is 3. The van der Waals surface area contributed by atoms with E-state index in [1.54, 1.807) is 7.11 Å². The van der Waals surface area contributed by atoms with Gasteiger partial charge in [0.25, 0.3) is 5.91 Å². The van der Waals surface area contributed by atoms with E-state index in [0.29, 0.717) is 40.0 Å². The normalized spacial score (nSPS) is 14.0. The molecule has 3 N–H and O–H groups in total. The highest BCUT2D eigenvalue weighted by Gasteiger charge is 2.18. The van der Waals surface area contributed by atoms with Gasteiger partial charge in [-0.1, -0.05) is 30.3 Å². The number of hydrogen-bond donors (Lipinski definition) is 2. The van der Waals surface area contributed by atoms with Gasteiger partial charge in [0.05, 0.1) is 38.1 Å². The van der Waals surface area contributed by atoms with Gasteiger partial charge in [-0.15, -0.1) is 11.3 Å². The number of nitrogens with one attached hydrogen (secondary N) is 1. The number of methoxy groups -OCH3 is 1. The van der Waals surface area contributed by atoms with E-state index < -0.39 is 5.91 Å². The van der Waals surface area contributed by atoms with Gasteiger partial charge in [0.1, 0.15) is 17.0 Å². The Hall–Kier alpha value is -3.73. The number of aromatic nitrogens is 2.